The number of hydrogen-bond acceptors (Lipinski definition) is 0. The zero-order chi connectivity index (χ0) is 9.56. The van der Waals surface area contributed by atoms with Crippen LogP contribution in [0.4, 0.5) is 4.39 Å². The summed E-state index contributed by atoms with van der Waals surface area (Å²) in [4.78, 5) is 0. The van der Waals surface area contributed by atoms with Gasteiger partial charge in [-0.3, -0.25) is 0 Å². The van der Waals surface area contributed by atoms with Crippen LogP contribution >= 0.6 is 15.9 Å². The second-order valence-electron chi connectivity index (χ2n) is 3.14. The van der Waals surface area contributed by atoms with Crippen LogP contribution in [0.5, 0.6) is 0 Å². The van der Waals surface area contributed by atoms with E-state index >= 15 is 0 Å². The summed E-state index contributed by atoms with van der Waals surface area (Å²) in [6.45, 7) is 5.95. The molecule has 0 bridgehead atoms. The minimum Gasteiger partial charge on any atom is -0.211 e. The first-order valence-corrected chi connectivity index (χ1v) is 5.23. The van der Waals surface area contributed by atoms with E-state index in [4.69, 9.17) is 0 Å². The van der Waals surface area contributed by atoms with Crippen molar-refractivity contribution in [2.75, 3.05) is 5.33 Å². The summed E-state index contributed by atoms with van der Waals surface area (Å²) in [6.07, 6.45) is 3.89. The maximum Gasteiger partial charge on any atom is 0.109 e. The third-order valence-corrected chi connectivity index (χ3v) is 2.14. The second kappa shape index (κ2) is 6.41. The van der Waals surface area contributed by atoms with Crippen LogP contribution in [0, 0.1) is 0 Å². The molecule has 0 saturated heterocycles. The van der Waals surface area contributed by atoms with Crippen molar-refractivity contribution < 1.29 is 4.39 Å². The van der Waals surface area contributed by atoms with E-state index in [1.807, 2.05) is 6.92 Å². The van der Waals surface area contributed by atoms with Gasteiger partial charge in [-0.15, -0.1) is 0 Å². The summed E-state index contributed by atoms with van der Waals surface area (Å²) < 4.78 is 12.9. The van der Waals surface area contributed by atoms with Crippen LogP contribution in [0.15, 0.2) is 23.0 Å². The zero-order valence-corrected chi connectivity index (χ0v) is 9.54. The molecule has 0 fully saturated rings. The van der Waals surface area contributed by atoms with Crippen LogP contribution in [0.3, 0.4) is 0 Å². The highest BCUT2D eigenvalue weighted by molar-refractivity contribution is 9.09. The van der Waals surface area contributed by atoms with Gasteiger partial charge in [0.1, 0.15) is 5.83 Å². The maximum absolute atomic E-state index is 12.9. The molecule has 0 radical (unpaired) electrons. The van der Waals surface area contributed by atoms with Crippen LogP contribution in [-0.4, -0.2) is 5.33 Å². The van der Waals surface area contributed by atoms with Gasteiger partial charge in [0.15, 0.2) is 0 Å². The first-order chi connectivity index (χ1) is 5.57. The molecule has 0 saturated carbocycles. The topological polar surface area (TPSA) is 0 Å². The molecule has 12 heavy (non-hydrogen) atoms. The molecule has 2 heteroatoms. The Morgan fingerprint density at radius 1 is 1.33 bits per heavy atom. The summed E-state index contributed by atoms with van der Waals surface area (Å²) in [6, 6.07) is 0. The molecule has 0 spiro atoms. The maximum atomic E-state index is 12.9. The Balaban J connectivity index is 3.86. The Morgan fingerprint density at radius 2 is 1.92 bits per heavy atom. The van der Waals surface area contributed by atoms with Gasteiger partial charge in [0.2, 0.25) is 0 Å². The van der Waals surface area contributed by atoms with E-state index in [1.165, 1.54) is 5.57 Å². The van der Waals surface area contributed by atoms with Gasteiger partial charge in [-0.1, -0.05) is 27.6 Å². The molecule has 0 nitrogen and oxygen atoms in total. The molecule has 0 heterocycles. The van der Waals surface area contributed by atoms with Crippen molar-refractivity contribution in [3.63, 3.8) is 0 Å². The fourth-order valence-electron chi connectivity index (χ4n) is 0.827. The average Bonchev–Trinajstić information content (AvgIpc) is 2.02. The number of hydrogen-bond donors (Lipinski definition) is 0. The lowest BCUT2D eigenvalue weighted by molar-refractivity contribution is 0.624. The van der Waals surface area contributed by atoms with Crippen molar-refractivity contribution in [3.8, 4) is 0 Å². The molecule has 0 aromatic rings. The molecule has 0 aromatic carbocycles. The van der Waals surface area contributed by atoms with Crippen molar-refractivity contribution in [2.24, 2.45) is 0 Å². The Morgan fingerprint density at radius 3 is 2.33 bits per heavy atom. The number of rotatable bonds is 4. The van der Waals surface area contributed by atoms with Gasteiger partial charge >= 0.3 is 0 Å². The molecule has 70 valence electrons. The molecule has 0 aliphatic rings. The molecule has 0 atom stereocenters. The van der Waals surface area contributed by atoms with Crippen LogP contribution in [0.1, 0.15) is 33.6 Å². The van der Waals surface area contributed by atoms with Crippen molar-refractivity contribution in [1.29, 1.82) is 0 Å². The highest BCUT2D eigenvalue weighted by atomic mass is 79.9. The van der Waals surface area contributed by atoms with Crippen molar-refractivity contribution in [1.82, 2.24) is 0 Å². The van der Waals surface area contributed by atoms with Crippen molar-refractivity contribution >= 4 is 15.9 Å². The van der Waals surface area contributed by atoms with Gasteiger partial charge < -0.3 is 0 Å². The second-order valence-corrected chi connectivity index (χ2v) is 3.70. The first-order valence-electron chi connectivity index (χ1n) is 4.11. The molecule has 0 rings (SSSR count). The predicted molar refractivity (Wildman–Crippen MR) is 56.3 cm³/mol. The summed E-state index contributed by atoms with van der Waals surface area (Å²) >= 11 is 3.09. The summed E-state index contributed by atoms with van der Waals surface area (Å²) in [5.74, 6) is -0.0304. The number of halogens is 2. The van der Waals surface area contributed by atoms with Crippen LogP contribution < -0.4 is 0 Å². The average molecular weight is 235 g/mol. The lowest BCUT2D eigenvalue weighted by Gasteiger charge is -1.99. The van der Waals surface area contributed by atoms with E-state index in [1.54, 1.807) is 0 Å². The smallest absolute Gasteiger partial charge is 0.109 e. The molecule has 0 aliphatic carbocycles. The Labute approximate surface area is 82.7 Å². The quantitative estimate of drug-likeness (QED) is 0.501. The lowest BCUT2D eigenvalue weighted by Crippen LogP contribution is -1.84. The molecular formula is C10H16BrF. The number of alkyl halides is 1. The largest absolute Gasteiger partial charge is 0.211 e. The van der Waals surface area contributed by atoms with Gasteiger partial charge in [-0.05, 0) is 39.2 Å². The highest BCUT2D eigenvalue weighted by Crippen LogP contribution is 2.14. The third-order valence-electron chi connectivity index (χ3n) is 1.65. The van der Waals surface area contributed by atoms with Gasteiger partial charge in [-0.25, -0.2) is 4.39 Å². The molecular weight excluding hydrogens is 219 g/mol. The Bertz CT molecular complexity index is 188. The predicted octanol–water partition coefficient (Wildman–Crippen LogP) is 4.37. The van der Waals surface area contributed by atoms with Crippen LogP contribution in [-0.2, 0) is 0 Å². The molecule has 0 aromatic heterocycles. The molecule has 0 amide bonds. The van der Waals surface area contributed by atoms with Crippen LogP contribution in [0.2, 0.25) is 0 Å². The van der Waals surface area contributed by atoms with Gasteiger partial charge in [0.25, 0.3) is 0 Å². The zero-order valence-electron chi connectivity index (χ0n) is 7.95. The fraction of sp³-hybridized carbons (Fsp3) is 0.600. The normalized spacial score (nSPS) is 12.4. The van der Waals surface area contributed by atoms with E-state index in [-0.39, 0.29) is 5.83 Å². The number of allylic oxidation sites excluding steroid dienone is 4. The SMILES string of the molecule is CC(C)=CCC/C(C)=C(\F)CBr. The van der Waals surface area contributed by atoms with Crippen LogP contribution in [0.25, 0.3) is 0 Å². The summed E-state index contributed by atoms with van der Waals surface area (Å²) in [5, 5.41) is 0.341. The van der Waals surface area contributed by atoms with Crippen molar-refractivity contribution in [3.05, 3.63) is 23.0 Å². The standard InChI is InChI=1S/C10H16BrF/c1-8(2)5-4-6-9(3)10(12)7-11/h5H,4,6-7H2,1-3H3/b10-9-. The van der Waals surface area contributed by atoms with E-state index < -0.39 is 0 Å². The van der Waals surface area contributed by atoms with Gasteiger partial charge in [0, 0.05) is 0 Å². The molecule has 0 unspecified atom stereocenters. The minimum atomic E-state index is -0.0304. The van der Waals surface area contributed by atoms with Gasteiger partial charge in [-0.2, -0.15) is 0 Å². The molecule has 0 aliphatic heterocycles. The lowest BCUT2D eigenvalue weighted by atomic mass is 10.1. The van der Waals surface area contributed by atoms with E-state index in [9.17, 15) is 4.39 Å². The van der Waals surface area contributed by atoms with E-state index in [2.05, 4.69) is 35.9 Å². The van der Waals surface area contributed by atoms with E-state index in [0.29, 0.717) is 5.33 Å². The first kappa shape index (κ1) is 11.9. The third kappa shape index (κ3) is 5.53. The minimum absolute atomic E-state index is 0.0304. The highest BCUT2D eigenvalue weighted by Gasteiger charge is 1.97. The monoisotopic (exact) mass is 234 g/mol. The summed E-state index contributed by atoms with van der Waals surface area (Å²) in [5.41, 5.74) is 2.14. The van der Waals surface area contributed by atoms with Gasteiger partial charge in [0.05, 0.1) is 5.33 Å². The fourth-order valence-corrected chi connectivity index (χ4v) is 1.31. The summed E-state index contributed by atoms with van der Waals surface area (Å²) in [7, 11) is 0. The Kier molecular flexibility index (Phi) is 6.35. The van der Waals surface area contributed by atoms with E-state index in [0.717, 1.165) is 18.4 Å². The Hall–Kier alpha value is -0.110. The molecule has 0 N–H and O–H groups in total. The van der Waals surface area contributed by atoms with Crippen molar-refractivity contribution in [2.45, 2.75) is 33.6 Å².